The third-order valence-corrected chi connectivity index (χ3v) is 4.80. The molecule has 8 heteroatoms. The van der Waals surface area contributed by atoms with Crippen molar-refractivity contribution in [2.24, 2.45) is 10.9 Å². The second kappa shape index (κ2) is 12.8. The molecular formula is C22H34IN5O2. The van der Waals surface area contributed by atoms with Crippen LogP contribution in [0.3, 0.4) is 0 Å². The predicted molar refractivity (Wildman–Crippen MR) is 130 cm³/mol. The number of halogens is 1. The van der Waals surface area contributed by atoms with E-state index in [4.69, 9.17) is 14.3 Å². The lowest BCUT2D eigenvalue weighted by Crippen LogP contribution is -2.52. The molecule has 2 aromatic rings. The fourth-order valence-electron chi connectivity index (χ4n) is 3.21. The standard InChI is InChI=1S/C22H33N5O2.HI/c1-4-23-22(24-15-19-5-7-21(8-6-19)28-17-18(2)3)27-12-10-26(11-13-27)16-20-9-14-29-25-20;/h5-9,14,18H,4,10-13,15-17H2,1-3H3,(H,23,24);1H. The third-order valence-electron chi connectivity index (χ3n) is 4.80. The highest BCUT2D eigenvalue weighted by molar-refractivity contribution is 14.0. The highest BCUT2D eigenvalue weighted by Gasteiger charge is 2.20. The minimum atomic E-state index is 0. The van der Waals surface area contributed by atoms with E-state index in [1.807, 2.05) is 18.2 Å². The number of rotatable bonds is 8. The molecule has 0 aliphatic carbocycles. The van der Waals surface area contributed by atoms with Crippen LogP contribution in [-0.2, 0) is 13.1 Å². The zero-order valence-electron chi connectivity index (χ0n) is 18.2. The van der Waals surface area contributed by atoms with Gasteiger partial charge in [0.1, 0.15) is 12.0 Å². The Kier molecular flexibility index (Phi) is 10.4. The van der Waals surface area contributed by atoms with E-state index < -0.39 is 0 Å². The summed E-state index contributed by atoms with van der Waals surface area (Å²) in [5.41, 5.74) is 2.17. The number of hydrogen-bond donors (Lipinski definition) is 1. The van der Waals surface area contributed by atoms with Crippen LogP contribution >= 0.6 is 24.0 Å². The monoisotopic (exact) mass is 527 g/mol. The van der Waals surface area contributed by atoms with E-state index in [1.54, 1.807) is 6.26 Å². The molecule has 0 amide bonds. The minimum absolute atomic E-state index is 0. The largest absolute Gasteiger partial charge is 0.493 e. The highest BCUT2D eigenvalue weighted by Crippen LogP contribution is 2.14. The number of nitrogens with one attached hydrogen (secondary N) is 1. The Morgan fingerprint density at radius 3 is 2.50 bits per heavy atom. The molecule has 0 atom stereocenters. The number of nitrogens with zero attached hydrogens (tertiary/aromatic N) is 4. The topological polar surface area (TPSA) is 66.1 Å². The molecule has 1 aliphatic heterocycles. The second-order valence-electron chi connectivity index (χ2n) is 7.77. The van der Waals surface area contributed by atoms with Crippen molar-refractivity contribution in [1.82, 2.24) is 20.3 Å². The molecule has 0 unspecified atom stereocenters. The molecule has 0 bridgehead atoms. The van der Waals surface area contributed by atoms with Gasteiger partial charge in [-0.3, -0.25) is 4.90 Å². The van der Waals surface area contributed by atoms with Crippen molar-refractivity contribution in [3.8, 4) is 5.75 Å². The zero-order valence-corrected chi connectivity index (χ0v) is 20.5. The van der Waals surface area contributed by atoms with Gasteiger partial charge in [0.15, 0.2) is 5.96 Å². The van der Waals surface area contributed by atoms with Gasteiger partial charge in [0.05, 0.1) is 18.8 Å². The van der Waals surface area contributed by atoms with Crippen molar-refractivity contribution < 1.29 is 9.26 Å². The van der Waals surface area contributed by atoms with Crippen LogP contribution < -0.4 is 10.1 Å². The van der Waals surface area contributed by atoms with Crippen LogP contribution in [0.2, 0.25) is 0 Å². The fourth-order valence-corrected chi connectivity index (χ4v) is 3.21. The first-order valence-corrected chi connectivity index (χ1v) is 10.5. The molecule has 1 aliphatic rings. The van der Waals surface area contributed by atoms with E-state index in [2.05, 4.69) is 53.2 Å². The molecule has 3 rings (SSSR count). The van der Waals surface area contributed by atoms with Crippen LogP contribution in [0.5, 0.6) is 5.75 Å². The summed E-state index contributed by atoms with van der Waals surface area (Å²) >= 11 is 0. The fraction of sp³-hybridized carbons (Fsp3) is 0.545. The van der Waals surface area contributed by atoms with E-state index in [0.717, 1.165) is 63.3 Å². The Hall–Kier alpha value is -1.81. The number of hydrogen-bond acceptors (Lipinski definition) is 5. The molecule has 0 saturated carbocycles. The van der Waals surface area contributed by atoms with Crippen molar-refractivity contribution in [3.63, 3.8) is 0 Å². The van der Waals surface area contributed by atoms with Gasteiger partial charge in [0.2, 0.25) is 0 Å². The van der Waals surface area contributed by atoms with Crippen molar-refractivity contribution in [2.75, 3.05) is 39.3 Å². The normalized spacial score (nSPS) is 15.2. The van der Waals surface area contributed by atoms with E-state index in [0.29, 0.717) is 12.5 Å². The van der Waals surface area contributed by atoms with Gasteiger partial charge in [-0.2, -0.15) is 0 Å². The molecular weight excluding hydrogens is 493 g/mol. The lowest BCUT2D eigenvalue weighted by Gasteiger charge is -2.36. The Morgan fingerprint density at radius 1 is 1.17 bits per heavy atom. The van der Waals surface area contributed by atoms with Gasteiger partial charge >= 0.3 is 0 Å². The summed E-state index contributed by atoms with van der Waals surface area (Å²) < 4.78 is 10.7. The summed E-state index contributed by atoms with van der Waals surface area (Å²) in [5, 5.41) is 7.44. The number of piperazine rings is 1. The van der Waals surface area contributed by atoms with Crippen LogP contribution in [-0.4, -0.2) is 60.2 Å². The number of aliphatic imine (C=N–C) groups is 1. The maximum Gasteiger partial charge on any atom is 0.194 e. The van der Waals surface area contributed by atoms with Gasteiger partial charge in [0, 0.05) is 45.3 Å². The Morgan fingerprint density at radius 2 is 1.90 bits per heavy atom. The van der Waals surface area contributed by atoms with E-state index in [-0.39, 0.29) is 24.0 Å². The van der Waals surface area contributed by atoms with Gasteiger partial charge < -0.3 is 19.5 Å². The summed E-state index contributed by atoms with van der Waals surface area (Å²) in [6, 6.07) is 10.2. The molecule has 7 nitrogen and oxygen atoms in total. The average Bonchev–Trinajstić information content (AvgIpc) is 3.24. The van der Waals surface area contributed by atoms with Crippen LogP contribution in [0.15, 0.2) is 46.1 Å². The first-order chi connectivity index (χ1) is 14.1. The van der Waals surface area contributed by atoms with E-state index in [1.165, 1.54) is 5.56 Å². The van der Waals surface area contributed by atoms with Gasteiger partial charge in [-0.05, 0) is 30.5 Å². The van der Waals surface area contributed by atoms with Crippen LogP contribution in [0.4, 0.5) is 0 Å². The first kappa shape index (κ1) is 24.5. The Balaban J connectivity index is 0.00000320. The molecule has 0 radical (unpaired) electrons. The maximum atomic E-state index is 5.76. The third kappa shape index (κ3) is 7.79. The smallest absolute Gasteiger partial charge is 0.194 e. The molecule has 2 heterocycles. The maximum absolute atomic E-state index is 5.76. The molecule has 1 fully saturated rings. The Labute approximate surface area is 196 Å². The minimum Gasteiger partial charge on any atom is -0.493 e. The summed E-state index contributed by atoms with van der Waals surface area (Å²) in [5.74, 6) is 2.42. The number of guanidine groups is 1. The van der Waals surface area contributed by atoms with Gasteiger partial charge in [-0.25, -0.2) is 4.99 Å². The molecule has 1 saturated heterocycles. The summed E-state index contributed by atoms with van der Waals surface area (Å²) in [4.78, 5) is 9.59. The van der Waals surface area contributed by atoms with Crippen LogP contribution in [0.1, 0.15) is 32.0 Å². The SMILES string of the molecule is CCNC(=NCc1ccc(OCC(C)C)cc1)N1CCN(Cc2ccon2)CC1.I. The van der Waals surface area contributed by atoms with E-state index >= 15 is 0 Å². The Bertz CT molecular complexity index is 741. The van der Waals surface area contributed by atoms with Crippen molar-refractivity contribution in [2.45, 2.75) is 33.9 Å². The quantitative estimate of drug-likeness (QED) is 0.322. The van der Waals surface area contributed by atoms with Crippen molar-refractivity contribution in [3.05, 3.63) is 47.9 Å². The highest BCUT2D eigenvalue weighted by atomic mass is 127. The molecule has 1 aromatic carbocycles. The van der Waals surface area contributed by atoms with Crippen LogP contribution in [0.25, 0.3) is 0 Å². The molecule has 1 N–H and O–H groups in total. The molecule has 166 valence electrons. The number of benzene rings is 1. The number of aromatic nitrogens is 1. The van der Waals surface area contributed by atoms with Gasteiger partial charge in [0.25, 0.3) is 0 Å². The van der Waals surface area contributed by atoms with Gasteiger partial charge in [-0.1, -0.05) is 31.1 Å². The average molecular weight is 527 g/mol. The van der Waals surface area contributed by atoms with E-state index in [9.17, 15) is 0 Å². The molecule has 0 spiro atoms. The second-order valence-corrected chi connectivity index (χ2v) is 7.77. The summed E-state index contributed by atoms with van der Waals surface area (Å²) in [6.45, 7) is 13.4. The summed E-state index contributed by atoms with van der Waals surface area (Å²) in [7, 11) is 0. The number of ether oxygens (including phenoxy) is 1. The first-order valence-electron chi connectivity index (χ1n) is 10.5. The predicted octanol–water partition coefficient (Wildman–Crippen LogP) is 3.61. The molecule has 30 heavy (non-hydrogen) atoms. The zero-order chi connectivity index (χ0) is 20.5. The molecule has 1 aromatic heterocycles. The van der Waals surface area contributed by atoms with Crippen molar-refractivity contribution in [1.29, 1.82) is 0 Å². The van der Waals surface area contributed by atoms with Crippen LogP contribution in [0, 0.1) is 5.92 Å². The lowest BCUT2D eigenvalue weighted by molar-refractivity contribution is 0.169. The summed E-state index contributed by atoms with van der Waals surface area (Å²) in [6.07, 6.45) is 1.63. The van der Waals surface area contributed by atoms with Crippen molar-refractivity contribution >= 4 is 29.9 Å². The van der Waals surface area contributed by atoms with Gasteiger partial charge in [-0.15, -0.1) is 24.0 Å². The lowest BCUT2D eigenvalue weighted by atomic mass is 10.2.